The van der Waals surface area contributed by atoms with Crippen LogP contribution in [0.5, 0.6) is 5.88 Å². The molecule has 2 aromatic rings. The van der Waals surface area contributed by atoms with Crippen molar-refractivity contribution < 1.29 is 4.74 Å². The van der Waals surface area contributed by atoms with Crippen molar-refractivity contribution in [2.75, 3.05) is 12.4 Å². The Balaban J connectivity index is 1.97. The van der Waals surface area contributed by atoms with Crippen LogP contribution in [0.25, 0.3) is 0 Å². The van der Waals surface area contributed by atoms with Gasteiger partial charge in [0, 0.05) is 36.3 Å². The first kappa shape index (κ1) is 12.8. The van der Waals surface area contributed by atoms with E-state index in [0.29, 0.717) is 18.3 Å². The zero-order valence-electron chi connectivity index (χ0n) is 10.7. The number of hydrogen-bond donors (Lipinski definition) is 1. The Morgan fingerprint density at radius 1 is 1.44 bits per heavy atom. The molecule has 0 spiro atoms. The Bertz CT molecular complexity index is 512. The average Bonchev–Trinajstić information content (AvgIpc) is 2.85. The van der Waals surface area contributed by atoms with Gasteiger partial charge in [-0.2, -0.15) is 4.37 Å². The Labute approximate surface area is 110 Å². The van der Waals surface area contributed by atoms with Gasteiger partial charge in [-0.3, -0.25) is 0 Å². The fraction of sp³-hybridized carbons (Fsp3) is 0.417. The standard InChI is InChI=1S/C12H16N4OS/c1-8(2)11-15-12(18-16-11)14-7-9-4-5-13-10(6-9)17-3/h4-6,8H,7H2,1-3H3,(H,14,15,16). The minimum atomic E-state index is 0.359. The summed E-state index contributed by atoms with van der Waals surface area (Å²) in [5.74, 6) is 1.86. The molecular weight excluding hydrogens is 248 g/mol. The number of methoxy groups -OCH3 is 1. The first-order valence-corrected chi connectivity index (χ1v) is 6.52. The maximum atomic E-state index is 5.08. The van der Waals surface area contributed by atoms with E-state index < -0.39 is 0 Å². The molecule has 1 N–H and O–H groups in total. The number of aromatic nitrogens is 3. The monoisotopic (exact) mass is 264 g/mol. The van der Waals surface area contributed by atoms with Gasteiger partial charge in [0.05, 0.1) is 7.11 Å². The number of pyridine rings is 1. The molecule has 2 rings (SSSR count). The summed E-state index contributed by atoms with van der Waals surface area (Å²) < 4.78 is 9.37. The molecule has 0 aliphatic heterocycles. The number of anilines is 1. The van der Waals surface area contributed by atoms with E-state index in [1.807, 2.05) is 12.1 Å². The van der Waals surface area contributed by atoms with Gasteiger partial charge in [-0.1, -0.05) is 13.8 Å². The minimum Gasteiger partial charge on any atom is -0.481 e. The normalized spacial score (nSPS) is 10.7. The number of nitrogens with zero attached hydrogens (tertiary/aromatic N) is 3. The molecule has 0 fully saturated rings. The third-order valence-corrected chi connectivity index (χ3v) is 3.10. The highest BCUT2D eigenvalue weighted by Crippen LogP contribution is 2.18. The summed E-state index contributed by atoms with van der Waals surface area (Å²) in [6.45, 7) is 4.85. The van der Waals surface area contributed by atoms with E-state index in [1.165, 1.54) is 11.5 Å². The molecule has 0 bridgehead atoms. The van der Waals surface area contributed by atoms with Gasteiger partial charge in [0.1, 0.15) is 5.82 Å². The van der Waals surface area contributed by atoms with Crippen LogP contribution in [0.15, 0.2) is 18.3 Å². The first-order valence-electron chi connectivity index (χ1n) is 5.75. The molecule has 0 saturated heterocycles. The number of hydrogen-bond acceptors (Lipinski definition) is 6. The summed E-state index contributed by atoms with van der Waals surface area (Å²) in [7, 11) is 1.61. The van der Waals surface area contributed by atoms with Crippen molar-refractivity contribution in [1.29, 1.82) is 0 Å². The number of rotatable bonds is 5. The third kappa shape index (κ3) is 3.16. The highest BCUT2D eigenvalue weighted by molar-refractivity contribution is 7.09. The fourth-order valence-corrected chi connectivity index (χ4v) is 2.09. The molecule has 96 valence electrons. The molecule has 0 unspecified atom stereocenters. The summed E-state index contributed by atoms with van der Waals surface area (Å²) in [5, 5.41) is 4.09. The van der Waals surface area contributed by atoms with E-state index in [2.05, 4.69) is 33.5 Å². The van der Waals surface area contributed by atoms with E-state index in [1.54, 1.807) is 13.3 Å². The molecule has 0 aliphatic carbocycles. The van der Waals surface area contributed by atoms with Gasteiger partial charge in [-0.05, 0) is 11.6 Å². The summed E-state index contributed by atoms with van der Waals surface area (Å²) in [5.41, 5.74) is 1.10. The maximum Gasteiger partial charge on any atom is 0.213 e. The molecule has 0 atom stereocenters. The smallest absolute Gasteiger partial charge is 0.213 e. The lowest BCUT2D eigenvalue weighted by atomic mass is 10.2. The molecule has 2 heterocycles. The minimum absolute atomic E-state index is 0.359. The van der Waals surface area contributed by atoms with Gasteiger partial charge in [0.2, 0.25) is 11.0 Å². The van der Waals surface area contributed by atoms with E-state index in [4.69, 9.17) is 4.74 Å². The highest BCUT2D eigenvalue weighted by atomic mass is 32.1. The summed E-state index contributed by atoms with van der Waals surface area (Å²) in [6, 6.07) is 3.84. The van der Waals surface area contributed by atoms with Crippen LogP contribution in [0.4, 0.5) is 5.13 Å². The summed E-state index contributed by atoms with van der Waals surface area (Å²) in [6.07, 6.45) is 1.73. The van der Waals surface area contributed by atoms with E-state index >= 15 is 0 Å². The maximum absolute atomic E-state index is 5.08. The van der Waals surface area contributed by atoms with Crippen LogP contribution in [-0.2, 0) is 6.54 Å². The fourth-order valence-electron chi connectivity index (χ4n) is 1.39. The molecule has 5 nitrogen and oxygen atoms in total. The molecule has 0 saturated carbocycles. The van der Waals surface area contributed by atoms with Crippen LogP contribution in [0.3, 0.4) is 0 Å². The van der Waals surface area contributed by atoms with Gasteiger partial charge >= 0.3 is 0 Å². The lowest BCUT2D eigenvalue weighted by Gasteiger charge is -2.04. The molecule has 0 amide bonds. The van der Waals surface area contributed by atoms with Crippen molar-refractivity contribution in [3.05, 3.63) is 29.7 Å². The Kier molecular flexibility index (Phi) is 4.09. The van der Waals surface area contributed by atoms with Crippen molar-refractivity contribution in [2.45, 2.75) is 26.3 Å². The Morgan fingerprint density at radius 2 is 2.28 bits per heavy atom. The largest absolute Gasteiger partial charge is 0.481 e. The van der Waals surface area contributed by atoms with Gasteiger partial charge in [-0.15, -0.1) is 0 Å². The van der Waals surface area contributed by atoms with Crippen LogP contribution in [0, 0.1) is 0 Å². The molecule has 18 heavy (non-hydrogen) atoms. The molecular formula is C12H16N4OS. The molecule has 0 aromatic carbocycles. The van der Waals surface area contributed by atoms with Gasteiger partial charge in [0.15, 0.2) is 0 Å². The Morgan fingerprint density at radius 3 is 2.94 bits per heavy atom. The summed E-state index contributed by atoms with van der Waals surface area (Å²) in [4.78, 5) is 8.48. The van der Waals surface area contributed by atoms with Crippen LogP contribution < -0.4 is 10.1 Å². The molecule has 0 aliphatic rings. The van der Waals surface area contributed by atoms with Crippen LogP contribution in [-0.4, -0.2) is 21.5 Å². The second-order valence-electron chi connectivity index (χ2n) is 4.17. The predicted molar refractivity (Wildman–Crippen MR) is 72.1 cm³/mol. The molecule has 0 radical (unpaired) electrons. The second-order valence-corrected chi connectivity index (χ2v) is 4.92. The first-order chi connectivity index (χ1) is 8.69. The van der Waals surface area contributed by atoms with Gasteiger partial charge in [0.25, 0.3) is 0 Å². The number of nitrogens with one attached hydrogen (secondary N) is 1. The summed E-state index contributed by atoms with van der Waals surface area (Å²) >= 11 is 1.39. The molecule has 2 aromatic heterocycles. The zero-order valence-corrected chi connectivity index (χ0v) is 11.5. The van der Waals surface area contributed by atoms with E-state index in [9.17, 15) is 0 Å². The van der Waals surface area contributed by atoms with Crippen LogP contribution in [0.1, 0.15) is 31.2 Å². The van der Waals surface area contributed by atoms with Crippen molar-refractivity contribution in [3.63, 3.8) is 0 Å². The van der Waals surface area contributed by atoms with Crippen molar-refractivity contribution in [3.8, 4) is 5.88 Å². The van der Waals surface area contributed by atoms with E-state index in [-0.39, 0.29) is 0 Å². The number of ether oxygens (including phenoxy) is 1. The second kappa shape index (κ2) is 5.77. The zero-order chi connectivity index (χ0) is 13.0. The van der Waals surface area contributed by atoms with Crippen LogP contribution >= 0.6 is 11.5 Å². The van der Waals surface area contributed by atoms with E-state index in [0.717, 1.165) is 16.5 Å². The third-order valence-electron chi connectivity index (χ3n) is 2.41. The predicted octanol–water partition coefficient (Wildman–Crippen LogP) is 2.68. The SMILES string of the molecule is COc1cc(CNc2nc(C(C)C)ns2)ccn1. The van der Waals surface area contributed by atoms with Crippen molar-refractivity contribution in [1.82, 2.24) is 14.3 Å². The Hall–Kier alpha value is -1.69. The quantitative estimate of drug-likeness (QED) is 0.899. The molecule has 6 heteroatoms. The topological polar surface area (TPSA) is 59.9 Å². The highest BCUT2D eigenvalue weighted by Gasteiger charge is 2.07. The van der Waals surface area contributed by atoms with Crippen LogP contribution in [0.2, 0.25) is 0 Å². The average molecular weight is 264 g/mol. The lowest BCUT2D eigenvalue weighted by Crippen LogP contribution is -2.00. The van der Waals surface area contributed by atoms with Gasteiger partial charge in [-0.25, -0.2) is 9.97 Å². The van der Waals surface area contributed by atoms with Crippen molar-refractivity contribution in [2.24, 2.45) is 0 Å². The lowest BCUT2D eigenvalue weighted by molar-refractivity contribution is 0.397. The van der Waals surface area contributed by atoms with Crippen molar-refractivity contribution >= 4 is 16.7 Å². The van der Waals surface area contributed by atoms with Gasteiger partial charge < -0.3 is 10.1 Å².